The van der Waals surface area contributed by atoms with E-state index < -0.39 is 16.1 Å². The minimum atomic E-state index is -3.64. The summed E-state index contributed by atoms with van der Waals surface area (Å²) in [7, 11) is -3.64. The average molecular weight is 587 g/mol. The summed E-state index contributed by atoms with van der Waals surface area (Å²) in [5, 5.41) is 3.67. The van der Waals surface area contributed by atoms with Crippen LogP contribution in [-0.4, -0.2) is 56.6 Å². The van der Waals surface area contributed by atoms with Crippen LogP contribution in [-0.2, 0) is 26.2 Å². The first kappa shape index (κ1) is 31.7. The maximum absolute atomic E-state index is 13.4. The van der Waals surface area contributed by atoms with E-state index in [1.165, 1.54) is 9.21 Å². The standard InChI is InChI=1S/C27H37Cl2N3O5S/c1-6-19(3)30-27(34)20(4)31(18-21-14-15-22(28)23(29)17-21)26(33)13-10-16-32(38(5,35)36)24-11-8-9-12-25(24)37-7-2/h8-9,11-12,14-15,17,19-20H,6-7,10,13,16,18H2,1-5H3,(H,30,34)/t19-,20+/m0/s1. The van der Waals surface area contributed by atoms with Gasteiger partial charge >= 0.3 is 0 Å². The first-order chi connectivity index (χ1) is 17.9. The van der Waals surface area contributed by atoms with Crippen LogP contribution in [0.15, 0.2) is 42.5 Å². The third kappa shape index (κ3) is 9.06. The Morgan fingerprint density at radius 1 is 1.05 bits per heavy atom. The summed E-state index contributed by atoms with van der Waals surface area (Å²) in [5.74, 6) is -0.103. The Hall–Kier alpha value is -2.49. The van der Waals surface area contributed by atoms with Gasteiger partial charge in [0.1, 0.15) is 11.8 Å². The van der Waals surface area contributed by atoms with E-state index in [0.29, 0.717) is 28.1 Å². The molecule has 2 amide bonds. The second-order valence-electron chi connectivity index (χ2n) is 9.10. The quantitative estimate of drug-likeness (QED) is 0.326. The zero-order chi connectivity index (χ0) is 28.5. The predicted molar refractivity (Wildman–Crippen MR) is 153 cm³/mol. The highest BCUT2D eigenvalue weighted by Gasteiger charge is 2.28. The van der Waals surface area contributed by atoms with Gasteiger partial charge < -0.3 is 15.0 Å². The SMILES string of the molecule is CCOc1ccccc1N(CCCC(=O)N(Cc1ccc(Cl)c(Cl)c1)[C@H](C)C(=O)N[C@@H](C)CC)S(C)(=O)=O. The monoisotopic (exact) mass is 585 g/mol. The molecule has 2 rings (SSSR count). The highest BCUT2D eigenvalue weighted by molar-refractivity contribution is 7.92. The highest BCUT2D eigenvalue weighted by atomic mass is 35.5. The number of sulfonamides is 1. The number of carbonyl (C=O) groups excluding carboxylic acids is 2. The van der Waals surface area contributed by atoms with Crippen molar-refractivity contribution in [1.82, 2.24) is 10.2 Å². The average Bonchev–Trinajstić information content (AvgIpc) is 2.86. The van der Waals surface area contributed by atoms with Crippen molar-refractivity contribution in [2.75, 3.05) is 23.7 Å². The van der Waals surface area contributed by atoms with Gasteiger partial charge in [-0.3, -0.25) is 13.9 Å². The Kier molecular flexibility index (Phi) is 12.2. The van der Waals surface area contributed by atoms with Gasteiger partial charge in [0, 0.05) is 25.6 Å². The summed E-state index contributed by atoms with van der Waals surface area (Å²) in [5.41, 5.74) is 1.14. The Balaban J connectivity index is 2.24. The molecule has 0 aromatic heterocycles. The van der Waals surface area contributed by atoms with Crippen LogP contribution in [0, 0.1) is 0 Å². The van der Waals surface area contributed by atoms with E-state index in [2.05, 4.69) is 5.32 Å². The Morgan fingerprint density at radius 2 is 1.74 bits per heavy atom. The molecule has 0 fully saturated rings. The molecule has 210 valence electrons. The lowest BCUT2D eigenvalue weighted by Gasteiger charge is -2.30. The summed E-state index contributed by atoms with van der Waals surface area (Å²) in [4.78, 5) is 27.8. The minimum Gasteiger partial charge on any atom is -0.492 e. The maximum Gasteiger partial charge on any atom is 0.242 e. The molecule has 0 unspecified atom stereocenters. The molecule has 0 bridgehead atoms. The topological polar surface area (TPSA) is 96.0 Å². The van der Waals surface area contributed by atoms with Gasteiger partial charge in [0.25, 0.3) is 0 Å². The molecule has 1 N–H and O–H groups in total. The van der Waals surface area contributed by atoms with Crippen LogP contribution in [0.25, 0.3) is 0 Å². The van der Waals surface area contributed by atoms with Crippen LogP contribution >= 0.6 is 23.2 Å². The number of halogens is 2. The number of nitrogens with one attached hydrogen (secondary N) is 1. The molecule has 0 aliphatic rings. The molecule has 0 aliphatic carbocycles. The Labute approximate surface area is 236 Å². The number of amides is 2. The number of hydrogen-bond donors (Lipinski definition) is 1. The van der Waals surface area contributed by atoms with Crippen molar-refractivity contribution in [3.8, 4) is 5.75 Å². The lowest BCUT2D eigenvalue weighted by molar-refractivity contribution is -0.140. The zero-order valence-corrected chi connectivity index (χ0v) is 24.9. The second-order valence-corrected chi connectivity index (χ2v) is 11.8. The van der Waals surface area contributed by atoms with Gasteiger partial charge in [-0.05, 0) is 63.4 Å². The largest absolute Gasteiger partial charge is 0.492 e. The minimum absolute atomic E-state index is 0.0328. The number of anilines is 1. The van der Waals surface area contributed by atoms with Crippen LogP contribution < -0.4 is 14.4 Å². The molecule has 8 nitrogen and oxygen atoms in total. The van der Waals surface area contributed by atoms with Gasteiger partial charge in [-0.2, -0.15) is 0 Å². The number of hydrogen-bond acceptors (Lipinski definition) is 5. The number of ether oxygens (including phenoxy) is 1. The van der Waals surface area contributed by atoms with Crippen molar-refractivity contribution >= 4 is 50.7 Å². The fourth-order valence-electron chi connectivity index (χ4n) is 3.81. The van der Waals surface area contributed by atoms with Crippen molar-refractivity contribution in [2.24, 2.45) is 0 Å². The van der Waals surface area contributed by atoms with E-state index in [4.69, 9.17) is 27.9 Å². The molecule has 11 heteroatoms. The molecule has 38 heavy (non-hydrogen) atoms. The summed E-state index contributed by atoms with van der Waals surface area (Å²) in [6.07, 6.45) is 2.15. The molecule has 0 radical (unpaired) electrons. The Morgan fingerprint density at radius 3 is 2.34 bits per heavy atom. The molecular formula is C27H37Cl2N3O5S. The van der Waals surface area contributed by atoms with Gasteiger partial charge in [-0.25, -0.2) is 8.42 Å². The van der Waals surface area contributed by atoms with E-state index in [9.17, 15) is 18.0 Å². The van der Waals surface area contributed by atoms with Gasteiger partial charge in [0.2, 0.25) is 21.8 Å². The normalized spacial score (nSPS) is 12.9. The third-order valence-electron chi connectivity index (χ3n) is 6.09. The van der Waals surface area contributed by atoms with E-state index >= 15 is 0 Å². The van der Waals surface area contributed by atoms with Crippen molar-refractivity contribution in [2.45, 2.75) is 65.6 Å². The van der Waals surface area contributed by atoms with Gasteiger partial charge in [-0.15, -0.1) is 0 Å². The van der Waals surface area contributed by atoms with E-state index in [1.807, 2.05) is 20.8 Å². The number of rotatable bonds is 14. The lowest BCUT2D eigenvalue weighted by Crippen LogP contribution is -2.49. The molecular weight excluding hydrogens is 549 g/mol. The summed E-state index contributed by atoms with van der Waals surface area (Å²) in [6.45, 7) is 7.96. The van der Waals surface area contributed by atoms with Crippen molar-refractivity contribution < 1.29 is 22.7 Å². The molecule has 0 saturated heterocycles. The maximum atomic E-state index is 13.4. The van der Waals surface area contributed by atoms with Crippen LogP contribution in [0.1, 0.15) is 52.5 Å². The van der Waals surface area contributed by atoms with Crippen molar-refractivity contribution in [3.05, 3.63) is 58.1 Å². The van der Waals surface area contributed by atoms with Crippen molar-refractivity contribution in [1.29, 1.82) is 0 Å². The number of para-hydroxylation sites is 2. The van der Waals surface area contributed by atoms with Crippen LogP contribution in [0.4, 0.5) is 5.69 Å². The first-order valence-electron chi connectivity index (χ1n) is 12.6. The molecule has 2 aromatic carbocycles. The van der Waals surface area contributed by atoms with Crippen LogP contribution in [0.2, 0.25) is 10.0 Å². The molecule has 0 spiro atoms. The summed E-state index contributed by atoms with van der Waals surface area (Å²) in [6, 6.07) is 11.2. The highest BCUT2D eigenvalue weighted by Crippen LogP contribution is 2.30. The first-order valence-corrected chi connectivity index (χ1v) is 15.2. The van der Waals surface area contributed by atoms with E-state index in [0.717, 1.165) is 18.2 Å². The van der Waals surface area contributed by atoms with Gasteiger partial charge in [0.05, 0.1) is 28.6 Å². The number of benzene rings is 2. The van der Waals surface area contributed by atoms with Gasteiger partial charge in [-0.1, -0.05) is 48.3 Å². The van der Waals surface area contributed by atoms with E-state index in [1.54, 1.807) is 49.4 Å². The van der Waals surface area contributed by atoms with Gasteiger partial charge in [0.15, 0.2) is 0 Å². The zero-order valence-electron chi connectivity index (χ0n) is 22.5. The fraction of sp³-hybridized carbons (Fsp3) is 0.481. The van der Waals surface area contributed by atoms with Crippen molar-refractivity contribution in [3.63, 3.8) is 0 Å². The van der Waals surface area contributed by atoms with Crippen LogP contribution in [0.3, 0.4) is 0 Å². The smallest absolute Gasteiger partial charge is 0.242 e. The molecule has 0 saturated carbocycles. The third-order valence-corrected chi connectivity index (χ3v) is 8.01. The number of nitrogens with zero attached hydrogens (tertiary/aromatic N) is 2. The number of carbonyl (C=O) groups is 2. The van der Waals surface area contributed by atoms with E-state index in [-0.39, 0.29) is 43.8 Å². The molecule has 0 heterocycles. The lowest BCUT2D eigenvalue weighted by atomic mass is 10.1. The summed E-state index contributed by atoms with van der Waals surface area (Å²) < 4.78 is 32.1. The second kappa shape index (κ2) is 14.6. The molecule has 2 aromatic rings. The predicted octanol–water partition coefficient (Wildman–Crippen LogP) is 5.27. The fourth-order valence-corrected chi connectivity index (χ4v) is 5.10. The van der Waals surface area contributed by atoms with Crippen LogP contribution in [0.5, 0.6) is 5.75 Å². The molecule has 0 aliphatic heterocycles. The summed E-state index contributed by atoms with van der Waals surface area (Å²) >= 11 is 12.2. The molecule has 2 atom stereocenters. The Bertz CT molecular complexity index is 1210.